The van der Waals surface area contributed by atoms with Gasteiger partial charge in [0.15, 0.2) is 0 Å². The lowest BCUT2D eigenvalue weighted by Crippen LogP contribution is -2.41. The summed E-state index contributed by atoms with van der Waals surface area (Å²) in [6.07, 6.45) is 0. The molecule has 2 aromatic carbocycles. The molecular weight excluding hydrogens is 454 g/mol. The van der Waals surface area contributed by atoms with Gasteiger partial charge >= 0.3 is 0 Å². The van der Waals surface area contributed by atoms with Crippen LogP contribution in [0.25, 0.3) is 0 Å². The van der Waals surface area contributed by atoms with Crippen molar-refractivity contribution >= 4 is 44.9 Å². The summed E-state index contributed by atoms with van der Waals surface area (Å²) >= 11 is 3.15. The highest BCUT2D eigenvalue weighted by Crippen LogP contribution is 2.27. The van der Waals surface area contributed by atoms with Crippen molar-refractivity contribution in [1.29, 1.82) is 0 Å². The molecule has 31 heavy (non-hydrogen) atoms. The lowest BCUT2D eigenvalue weighted by molar-refractivity contribution is 0.0845. The number of nitrogens with zero attached hydrogens (tertiary/aromatic N) is 1. The standard InChI is InChI=1S/C21H21N3O4S3/c1-24(2)31(27,28)17-7-5-6-16(12-17)20(25)22-23-21(26)18-8-3-4-9-19(18)30-14-15-10-11-29-13-15/h3-13H,14H2,1-2H3,(H,22,25)(H,23,26). The van der Waals surface area contributed by atoms with Crippen molar-refractivity contribution in [2.24, 2.45) is 0 Å². The lowest BCUT2D eigenvalue weighted by Gasteiger charge is -2.13. The Balaban J connectivity index is 1.67. The van der Waals surface area contributed by atoms with Crippen molar-refractivity contribution < 1.29 is 18.0 Å². The normalized spacial score (nSPS) is 11.3. The van der Waals surface area contributed by atoms with Gasteiger partial charge in [-0.1, -0.05) is 18.2 Å². The van der Waals surface area contributed by atoms with E-state index in [4.69, 9.17) is 0 Å². The minimum atomic E-state index is -3.67. The fourth-order valence-corrected chi connectivity index (χ4v) is 5.29. The molecule has 0 spiro atoms. The molecule has 0 saturated carbocycles. The van der Waals surface area contributed by atoms with Crippen LogP contribution in [-0.2, 0) is 15.8 Å². The second kappa shape index (κ2) is 10.1. The summed E-state index contributed by atoms with van der Waals surface area (Å²) in [5.74, 6) is -0.348. The first-order valence-electron chi connectivity index (χ1n) is 9.15. The number of amides is 2. The molecule has 162 valence electrons. The van der Waals surface area contributed by atoms with Crippen LogP contribution in [0.1, 0.15) is 26.3 Å². The highest BCUT2D eigenvalue weighted by molar-refractivity contribution is 7.98. The molecule has 1 heterocycles. The Labute approximate surface area is 189 Å². The van der Waals surface area contributed by atoms with Crippen molar-refractivity contribution in [2.45, 2.75) is 15.5 Å². The van der Waals surface area contributed by atoms with E-state index >= 15 is 0 Å². The zero-order valence-electron chi connectivity index (χ0n) is 16.9. The van der Waals surface area contributed by atoms with E-state index in [0.717, 1.165) is 15.0 Å². The molecular formula is C21H21N3O4S3. The highest BCUT2D eigenvalue weighted by atomic mass is 32.2. The molecule has 0 radical (unpaired) electrons. The molecule has 0 aliphatic rings. The van der Waals surface area contributed by atoms with Crippen molar-refractivity contribution in [2.75, 3.05) is 14.1 Å². The average Bonchev–Trinajstić information content (AvgIpc) is 3.29. The van der Waals surface area contributed by atoms with E-state index in [1.54, 1.807) is 23.5 Å². The Bertz CT molecular complexity index is 1180. The maximum Gasteiger partial charge on any atom is 0.270 e. The van der Waals surface area contributed by atoms with Gasteiger partial charge in [-0.15, -0.1) is 11.8 Å². The van der Waals surface area contributed by atoms with E-state index in [2.05, 4.69) is 16.2 Å². The van der Waals surface area contributed by atoms with Crippen LogP contribution in [0, 0.1) is 0 Å². The third-order valence-electron chi connectivity index (χ3n) is 4.27. The van der Waals surface area contributed by atoms with E-state index in [0.29, 0.717) is 5.56 Å². The second-order valence-corrected chi connectivity index (χ2v) is 10.6. The number of nitrogens with one attached hydrogen (secondary N) is 2. The van der Waals surface area contributed by atoms with Crippen molar-refractivity contribution in [3.8, 4) is 0 Å². The topological polar surface area (TPSA) is 95.6 Å². The van der Waals surface area contributed by atoms with Gasteiger partial charge in [0.2, 0.25) is 10.0 Å². The molecule has 0 saturated heterocycles. The molecule has 3 aromatic rings. The number of hydrazine groups is 1. The molecule has 2 amide bonds. The van der Waals surface area contributed by atoms with Crippen molar-refractivity contribution in [3.05, 3.63) is 82.0 Å². The maximum absolute atomic E-state index is 12.6. The summed E-state index contributed by atoms with van der Waals surface area (Å²) in [5.41, 5.74) is 6.47. The Morgan fingerprint density at radius 2 is 1.74 bits per heavy atom. The molecule has 3 rings (SSSR count). The highest BCUT2D eigenvalue weighted by Gasteiger charge is 2.19. The molecule has 0 aliphatic carbocycles. The van der Waals surface area contributed by atoms with Crippen molar-refractivity contribution in [3.63, 3.8) is 0 Å². The average molecular weight is 476 g/mol. The van der Waals surface area contributed by atoms with Gasteiger partial charge in [0.05, 0.1) is 10.5 Å². The first-order chi connectivity index (χ1) is 14.8. The Morgan fingerprint density at radius 1 is 1.00 bits per heavy atom. The summed E-state index contributed by atoms with van der Waals surface area (Å²) in [6, 6.07) is 14.8. The van der Waals surface area contributed by atoms with E-state index in [9.17, 15) is 18.0 Å². The van der Waals surface area contributed by atoms with Gasteiger partial charge in [-0.2, -0.15) is 11.3 Å². The van der Waals surface area contributed by atoms with Gasteiger partial charge in [-0.25, -0.2) is 12.7 Å². The number of thioether (sulfide) groups is 1. The SMILES string of the molecule is CN(C)S(=O)(=O)c1cccc(C(=O)NNC(=O)c2ccccc2SCc2ccsc2)c1. The van der Waals surface area contributed by atoms with E-state index in [1.165, 1.54) is 55.7 Å². The molecule has 0 unspecified atom stereocenters. The molecule has 2 N–H and O–H groups in total. The smallest absolute Gasteiger partial charge is 0.267 e. The van der Waals surface area contributed by atoms with Crippen LogP contribution in [0.5, 0.6) is 0 Å². The van der Waals surface area contributed by atoms with Gasteiger partial charge in [-0.05, 0) is 52.7 Å². The fraction of sp³-hybridized carbons (Fsp3) is 0.143. The third-order valence-corrected chi connectivity index (χ3v) is 7.96. The number of thiophene rings is 1. The lowest BCUT2D eigenvalue weighted by atomic mass is 10.2. The number of benzene rings is 2. The van der Waals surface area contributed by atoms with Crippen LogP contribution in [0.3, 0.4) is 0 Å². The largest absolute Gasteiger partial charge is 0.270 e. The van der Waals surface area contributed by atoms with Crippen LogP contribution in [0.15, 0.2) is 75.1 Å². The van der Waals surface area contributed by atoms with Crippen LogP contribution >= 0.6 is 23.1 Å². The van der Waals surface area contributed by atoms with Gasteiger partial charge in [0.1, 0.15) is 0 Å². The number of sulfonamides is 1. The molecule has 0 bridgehead atoms. The van der Waals surface area contributed by atoms with Gasteiger partial charge in [0.25, 0.3) is 11.8 Å². The quantitative estimate of drug-likeness (QED) is 0.404. The fourth-order valence-electron chi connectivity index (χ4n) is 2.58. The summed E-state index contributed by atoms with van der Waals surface area (Å²) in [4.78, 5) is 25.9. The number of carbonyl (C=O) groups is 2. The van der Waals surface area contributed by atoms with Crippen LogP contribution in [0.2, 0.25) is 0 Å². The molecule has 0 aliphatic heterocycles. The predicted octanol–water partition coefficient (Wildman–Crippen LogP) is 3.37. The number of hydrogen-bond donors (Lipinski definition) is 2. The first-order valence-corrected chi connectivity index (χ1v) is 12.5. The summed E-state index contributed by atoms with van der Waals surface area (Å²) in [7, 11) is -0.848. The zero-order chi connectivity index (χ0) is 22.4. The molecule has 0 fully saturated rings. The van der Waals surface area contributed by atoms with E-state index < -0.39 is 21.8 Å². The van der Waals surface area contributed by atoms with Gasteiger partial charge in [-0.3, -0.25) is 20.4 Å². The molecule has 1 aromatic heterocycles. The zero-order valence-corrected chi connectivity index (χ0v) is 19.3. The maximum atomic E-state index is 12.6. The predicted molar refractivity (Wildman–Crippen MR) is 123 cm³/mol. The summed E-state index contributed by atoms with van der Waals surface area (Å²) in [5, 5.41) is 4.06. The number of carbonyl (C=O) groups excluding carboxylic acids is 2. The van der Waals surface area contributed by atoms with E-state index in [-0.39, 0.29) is 10.5 Å². The van der Waals surface area contributed by atoms with E-state index in [1.807, 2.05) is 23.6 Å². The summed E-state index contributed by atoms with van der Waals surface area (Å²) in [6.45, 7) is 0. The van der Waals surface area contributed by atoms with Crippen LogP contribution in [-0.4, -0.2) is 38.6 Å². The molecule has 7 nitrogen and oxygen atoms in total. The van der Waals surface area contributed by atoms with Crippen LogP contribution in [0.4, 0.5) is 0 Å². The summed E-state index contributed by atoms with van der Waals surface area (Å²) < 4.78 is 25.6. The molecule has 10 heteroatoms. The number of rotatable bonds is 7. The minimum Gasteiger partial charge on any atom is -0.267 e. The minimum absolute atomic E-state index is 0.00773. The number of hydrogen-bond acceptors (Lipinski definition) is 6. The Kier molecular flexibility index (Phi) is 7.50. The van der Waals surface area contributed by atoms with Gasteiger partial charge in [0, 0.05) is 30.3 Å². The Hall–Kier alpha value is -2.66. The molecule has 0 atom stereocenters. The second-order valence-electron chi connectivity index (χ2n) is 6.64. The Morgan fingerprint density at radius 3 is 2.45 bits per heavy atom. The van der Waals surface area contributed by atoms with Crippen LogP contribution < -0.4 is 10.9 Å². The van der Waals surface area contributed by atoms with Crippen molar-refractivity contribution in [1.82, 2.24) is 15.2 Å². The third kappa shape index (κ3) is 5.73. The first kappa shape index (κ1) is 23.0. The monoisotopic (exact) mass is 475 g/mol. The van der Waals surface area contributed by atoms with Gasteiger partial charge < -0.3 is 0 Å².